The van der Waals surface area contributed by atoms with E-state index in [4.69, 9.17) is 9.84 Å². The van der Waals surface area contributed by atoms with Crippen LogP contribution >= 0.6 is 11.8 Å². The Morgan fingerprint density at radius 2 is 2.25 bits per heavy atom. The van der Waals surface area contributed by atoms with E-state index in [2.05, 4.69) is 22.8 Å². The summed E-state index contributed by atoms with van der Waals surface area (Å²) < 4.78 is 5.45. The van der Waals surface area contributed by atoms with Gasteiger partial charge >= 0.3 is 0 Å². The van der Waals surface area contributed by atoms with E-state index in [1.54, 1.807) is 7.11 Å². The predicted octanol–water partition coefficient (Wildman–Crippen LogP) is 1.98. The molecule has 0 aromatic heterocycles. The van der Waals surface area contributed by atoms with Crippen LogP contribution in [0.3, 0.4) is 0 Å². The first kappa shape index (κ1) is 15.2. The highest BCUT2D eigenvalue weighted by Gasteiger charge is 2.12. The molecule has 0 amide bonds. The molecule has 108 valence electrons. The maximum Gasteiger partial charge on any atom is 0.123 e. The molecule has 0 aliphatic carbocycles. The first-order valence-corrected chi connectivity index (χ1v) is 8.05. The number of thioether (sulfide) groups is 1. The molecular formula is C16H21NO2S. The molecule has 20 heavy (non-hydrogen) atoms. The third-order valence-electron chi connectivity index (χ3n) is 3.30. The molecule has 1 aromatic rings. The minimum atomic E-state index is -0.106. The minimum absolute atomic E-state index is 0.106. The summed E-state index contributed by atoms with van der Waals surface area (Å²) in [6.07, 6.45) is 1.25. The number of aliphatic hydroxyl groups excluding tert-OH is 1. The van der Waals surface area contributed by atoms with Crippen molar-refractivity contribution < 1.29 is 9.84 Å². The number of methoxy groups -OCH3 is 1. The third-order valence-corrected chi connectivity index (χ3v) is 4.35. The van der Waals surface area contributed by atoms with Crippen molar-refractivity contribution in [3.8, 4) is 17.6 Å². The van der Waals surface area contributed by atoms with Crippen LogP contribution in [0.2, 0.25) is 0 Å². The Balaban J connectivity index is 2.14. The Kier molecular flexibility index (Phi) is 6.25. The number of ether oxygens (including phenoxy) is 1. The highest BCUT2D eigenvalue weighted by atomic mass is 32.2. The molecule has 0 saturated carbocycles. The first-order valence-electron chi connectivity index (χ1n) is 6.90. The fourth-order valence-corrected chi connectivity index (χ4v) is 3.24. The van der Waals surface area contributed by atoms with Crippen LogP contribution in [0.5, 0.6) is 5.75 Å². The zero-order valence-electron chi connectivity index (χ0n) is 11.9. The van der Waals surface area contributed by atoms with E-state index in [-0.39, 0.29) is 6.61 Å². The van der Waals surface area contributed by atoms with Crippen LogP contribution in [-0.2, 0) is 6.54 Å². The summed E-state index contributed by atoms with van der Waals surface area (Å²) in [7, 11) is 1.70. The van der Waals surface area contributed by atoms with Gasteiger partial charge in [-0.3, -0.25) is 4.90 Å². The second kappa shape index (κ2) is 8.21. The van der Waals surface area contributed by atoms with Crippen LogP contribution < -0.4 is 4.74 Å². The van der Waals surface area contributed by atoms with Crippen molar-refractivity contribution in [3.63, 3.8) is 0 Å². The topological polar surface area (TPSA) is 32.7 Å². The Morgan fingerprint density at radius 3 is 3.05 bits per heavy atom. The lowest BCUT2D eigenvalue weighted by Crippen LogP contribution is -2.25. The van der Waals surface area contributed by atoms with E-state index in [0.717, 1.165) is 30.9 Å². The van der Waals surface area contributed by atoms with Crippen LogP contribution in [0, 0.1) is 11.8 Å². The Hall–Kier alpha value is -1.15. The van der Waals surface area contributed by atoms with E-state index < -0.39 is 0 Å². The monoisotopic (exact) mass is 291 g/mol. The van der Waals surface area contributed by atoms with Gasteiger partial charge in [0.15, 0.2) is 0 Å². The van der Waals surface area contributed by atoms with Crippen molar-refractivity contribution >= 4 is 11.8 Å². The molecule has 1 heterocycles. The summed E-state index contributed by atoms with van der Waals surface area (Å²) in [6, 6.07) is 5.96. The van der Waals surface area contributed by atoms with Gasteiger partial charge in [-0.2, -0.15) is 11.8 Å². The fourth-order valence-electron chi connectivity index (χ4n) is 2.32. The van der Waals surface area contributed by atoms with Crippen molar-refractivity contribution in [2.24, 2.45) is 0 Å². The van der Waals surface area contributed by atoms with Gasteiger partial charge in [-0.25, -0.2) is 0 Å². The zero-order chi connectivity index (χ0) is 14.2. The average Bonchev–Trinajstić information content (AvgIpc) is 2.74. The van der Waals surface area contributed by atoms with Crippen molar-refractivity contribution in [3.05, 3.63) is 29.3 Å². The number of aliphatic hydroxyl groups is 1. The Bertz CT molecular complexity index is 485. The van der Waals surface area contributed by atoms with Gasteiger partial charge in [-0.15, -0.1) is 0 Å². The van der Waals surface area contributed by atoms with E-state index >= 15 is 0 Å². The highest BCUT2D eigenvalue weighted by Crippen LogP contribution is 2.22. The number of hydrogen-bond acceptors (Lipinski definition) is 4. The fraction of sp³-hybridized carbons (Fsp3) is 0.500. The minimum Gasteiger partial charge on any atom is -0.496 e. The van der Waals surface area contributed by atoms with E-state index in [9.17, 15) is 0 Å². The van der Waals surface area contributed by atoms with Crippen LogP contribution in [-0.4, -0.2) is 48.3 Å². The molecule has 0 radical (unpaired) electrons. The smallest absolute Gasteiger partial charge is 0.123 e. The molecule has 0 spiro atoms. The molecule has 2 rings (SSSR count). The molecule has 1 N–H and O–H groups in total. The molecule has 1 fully saturated rings. The summed E-state index contributed by atoms with van der Waals surface area (Å²) in [5, 5.41) is 8.78. The van der Waals surface area contributed by atoms with Gasteiger partial charge in [0.25, 0.3) is 0 Å². The molecule has 1 aromatic carbocycles. The second-order valence-corrected chi connectivity index (χ2v) is 5.95. The SMILES string of the molecule is COc1ccc(C#CCO)cc1CN1CCCSCC1. The highest BCUT2D eigenvalue weighted by molar-refractivity contribution is 7.99. The maximum absolute atomic E-state index is 8.78. The normalized spacial score (nSPS) is 16.1. The lowest BCUT2D eigenvalue weighted by Gasteiger charge is -2.21. The summed E-state index contributed by atoms with van der Waals surface area (Å²) >= 11 is 2.03. The number of rotatable bonds is 3. The molecule has 4 heteroatoms. The predicted molar refractivity (Wildman–Crippen MR) is 84.2 cm³/mol. The number of benzene rings is 1. The lowest BCUT2D eigenvalue weighted by atomic mass is 10.1. The summed E-state index contributed by atoms with van der Waals surface area (Å²) in [6.45, 7) is 3.06. The van der Waals surface area contributed by atoms with Gasteiger partial charge < -0.3 is 9.84 Å². The van der Waals surface area contributed by atoms with Gasteiger partial charge in [0.1, 0.15) is 12.4 Å². The summed E-state index contributed by atoms with van der Waals surface area (Å²) in [4.78, 5) is 2.47. The van der Waals surface area contributed by atoms with E-state index in [1.807, 2.05) is 23.9 Å². The van der Waals surface area contributed by atoms with Gasteiger partial charge in [-0.05, 0) is 36.9 Å². The zero-order valence-corrected chi connectivity index (χ0v) is 12.7. The molecule has 0 atom stereocenters. The van der Waals surface area contributed by atoms with Crippen molar-refractivity contribution in [2.75, 3.05) is 38.3 Å². The molecule has 0 unspecified atom stereocenters. The first-order chi connectivity index (χ1) is 9.83. The number of hydrogen-bond donors (Lipinski definition) is 1. The van der Waals surface area contributed by atoms with Crippen molar-refractivity contribution in [2.45, 2.75) is 13.0 Å². The van der Waals surface area contributed by atoms with E-state index in [1.165, 1.54) is 23.5 Å². The standard InChI is InChI=1S/C16H21NO2S/c1-19-16-6-5-14(4-2-9-18)12-15(16)13-17-7-3-10-20-11-8-17/h5-6,12,18H,3,7-11,13H2,1H3. The van der Waals surface area contributed by atoms with E-state index in [0.29, 0.717) is 0 Å². The average molecular weight is 291 g/mol. The molecule has 1 aliphatic rings. The third kappa shape index (κ3) is 4.45. The van der Waals surface area contributed by atoms with Gasteiger partial charge in [0.05, 0.1) is 7.11 Å². The van der Waals surface area contributed by atoms with Crippen LogP contribution in [0.15, 0.2) is 18.2 Å². The van der Waals surface area contributed by atoms with Crippen molar-refractivity contribution in [1.29, 1.82) is 0 Å². The quantitative estimate of drug-likeness (QED) is 0.863. The Labute approximate surface area is 125 Å². The second-order valence-electron chi connectivity index (χ2n) is 4.73. The van der Waals surface area contributed by atoms with Crippen LogP contribution in [0.1, 0.15) is 17.5 Å². The Morgan fingerprint density at radius 1 is 1.35 bits per heavy atom. The van der Waals surface area contributed by atoms with Crippen LogP contribution in [0.25, 0.3) is 0 Å². The number of nitrogens with zero attached hydrogens (tertiary/aromatic N) is 1. The molecule has 3 nitrogen and oxygen atoms in total. The molecule has 0 bridgehead atoms. The van der Waals surface area contributed by atoms with Gasteiger partial charge in [0, 0.05) is 30.0 Å². The lowest BCUT2D eigenvalue weighted by molar-refractivity contribution is 0.281. The summed E-state index contributed by atoms with van der Waals surface area (Å²) in [5.74, 6) is 9.02. The molecule has 1 aliphatic heterocycles. The largest absolute Gasteiger partial charge is 0.496 e. The molecular weight excluding hydrogens is 270 g/mol. The maximum atomic E-state index is 8.78. The van der Waals surface area contributed by atoms with Crippen LogP contribution in [0.4, 0.5) is 0 Å². The van der Waals surface area contributed by atoms with Gasteiger partial charge in [-0.1, -0.05) is 11.8 Å². The van der Waals surface area contributed by atoms with Crippen molar-refractivity contribution in [1.82, 2.24) is 4.90 Å². The summed E-state index contributed by atoms with van der Waals surface area (Å²) in [5.41, 5.74) is 2.10. The molecule has 1 saturated heterocycles. The van der Waals surface area contributed by atoms with Gasteiger partial charge in [0.2, 0.25) is 0 Å².